The monoisotopic (exact) mass is 234 g/mol. The molecule has 0 atom stereocenters. The Hall–Kier alpha value is -2.17. The highest BCUT2D eigenvalue weighted by atomic mass is 16.5. The number of ether oxygens (including phenoxy) is 1. The van der Waals surface area contributed by atoms with E-state index in [1.54, 1.807) is 12.1 Å². The molecule has 90 valence electrons. The molecule has 0 aliphatic carbocycles. The summed E-state index contributed by atoms with van der Waals surface area (Å²) in [6, 6.07) is 3.35. The first-order valence-electron chi connectivity index (χ1n) is 5.14. The number of rotatable bonds is 2. The molecule has 2 aromatic rings. The van der Waals surface area contributed by atoms with Crippen molar-refractivity contribution in [2.24, 2.45) is 0 Å². The Morgan fingerprint density at radius 2 is 2.00 bits per heavy atom. The van der Waals surface area contributed by atoms with Crippen LogP contribution in [0.25, 0.3) is 11.3 Å². The van der Waals surface area contributed by atoms with Crippen LogP contribution in [0.3, 0.4) is 0 Å². The van der Waals surface area contributed by atoms with E-state index >= 15 is 0 Å². The fourth-order valence-electron chi connectivity index (χ4n) is 1.71. The molecule has 1 heterocycles. The molecular weight excluding hydrogens is 220 g/mol. The molecule has 0 spiro atoms. The number of nitrogen functional groups attached to an aromatic ring is 1. The summed E-state index contributed by atoms with van der Waals surface area (Å²) in [6.45, 7) is 3.72. The molecule has 1 aromatic carbocycles. The first kappa shape index (κ1) is 11.3. The van der Waals surface area contributed by atoms with E-state index in [-0.39, 0.29) is 11.6 Å². The number of aromatic hydroxyl groups is 1. The van der Waals surface area contributed by atoms with Gasteiger partial charge in [0.15, 0.2) is 11.5 Å². The average molecular weight is 234 g/mol. The van der Waals surface area contributed by atoms with Crippen LogP contribution in [0.2, 0.25) is 0 Å². The van der Waals surface area contributed by atoms with Crippen molar-refractivity contribution in [2.75, 3.05) is 12.8 Å². The topological polar surface area (TPSA) is 81.5 Å². The van der Waals surface area contributed by atoms with Crippen LogP contribution in [-0.2, 0) is 0 Å². The van der Waals surface area contributed by atoms with E-state index in [9.17, 15) is 5.11 Å². The Morgan fingerprint density at radius 3 is 2.53 bits per heavy atom. The molecule has 0 saturated carbocycles. The van der Waals surface area contributed by atoms with Crippen molar-refractivity contribution in [3.8, 4) is 22.8 Å². The minimum Gasteiger partial charge on any atom is -0.504 e. The SMILES string of the molecule is COc1cc(-c2cc(N)on2)c(C)c(C)c1O. The van der Waals surface area contributed by atoms with E-state index in [1.807, 2.05) is 13.8 Å². The van der Waals surface area contributed by atoms with E-state index in [1.165, 1.54) is 7.11 Å². The molecule has 17 heavy (non-hydrogen) atoms. The number of methoxy groups -OCH3 is 1. The van der Waals surface area contributed by atoms with Crippen LogP contribution in [0.1, 0.15) is 11.1 Å². The van der Waals surface area contributed by atoms with Crippen LogP contribution < -0.4 is 10.5 Å². The number of nitrogens with two attached hydrogens (primary N) is 1. The molecule has 5 heteroatoms. The van der Waals surface area contributed by atoms with Crippen LogP contribution >= 0.6 is 0 Å². The van der Waals surface area contributed by atoms with Gasteiger partial charge in [-0.1, -0.05) is 5.16 Å². The second kappa shape index (κ2) is 4.01. The van der Waals surface area contributed by atoms with Gasteiger partial charge in [-0.2, -0.15) is 0 Å². The third-order valence-electron chi connectivity index (χ3n) is 2.85. The highest BCUT2D eigenvalue weighted by Gasteiger charge is 2.15. The van der Waals surface area contributed by atoms with E-state index in [0.29, 0.717) is 11.4 Å². The number of aromatic nitrogens is 1. The smallest absolute Gasteiger partial charge is 0.222 e. The van der Waals surface area contributed by atoms with Crippen LogP contribution in [0.4, 0.5) is 5.88 Å². The Labute approximate surface area is 98.8 Å². The van der Waals surface area contributed by atoms with Gasteiger partial charge in [0.2, 0.25) is 5.88 Å². The number of phenols is 1. The second-order valence-electron chi connectivity index (χ2n) is 3.84. The largest absolute Gasteiger partial charge is 0.504 e. The van der Waals surface area contributed by atoms with Crippen LogP contribution in [0.15, 0.2) is 16.7 Å². The van der Waals surface area contributed by atoms with E-state index in [4.69, 9.17) is 15.0 Å². The Bertz CT molecular complexity index is 561. The van der Waals surface area contributed by atoms with Gasteiger partial charge in [-0.05, 0) is 31.0 Å². The van der Waals surface area contributed by atoms with Gasteiger partial charge in [0, 0.05) is 11.6 Å². The van der Waals surface area contributed by atoms with Crippen LogP contribution in [0, 0.1) is 13.8 Å². The number of hydrogen-bond acceptors (Lipinski definition) is 5. The van der Waals surface area contributed by atoms with Crippen molar-refractivity contribution in [1.82, 2.24) is 5.16 Å². The van der Waals surface area contributed by atoms with Gasteiger partial charge >= 0.3 is 0 Å². The lowest BCUT2D eigenvalue weighted by Crippen LogP contribution is -1.93. The van der Waals surface area contributed by atoms with Gasteiger partial charge < -0.3 is 20.1 Å². The first-order valence-corrected chi connectivity index (χ1v) is 5.14. The van der Waals surface area contributed by atoms with E-state index < -0.39 is 0 Å². The third-order valence-corrected chi connectivity index (χ3v) is 2.85. The van der Waals surface area contributed by atoms with Crippen molar-refractivity contribution in [1.29, 1.82) is 0 Å². The summed E-state index contributed by atoms with van der Waals surface area (Å²) < 4.78 is 9.95. The zero-order valence-electron chi connectivity index (χ0n) is 9.94. The Balaban J connectivity index is 2.66. The van der Waals surface area contributed by atoms with Crippen molar-refractivity contribution >= 4 is 5.88 Å². The quantitative estimate of drug-likeness (QED) is 0.832. The Morgan fingerprint density at radius 1 is 1.29 bits per heavy atom. The molecule has 3 N–H and O–H groups in total. The zero-order valence-corrected chi connectivity index (χ0v) is 9.94. The second-order valence-corrected chi connectivity index (χ2v) is 3.84. The van der Waals surface area contributed by atoms with E-state index in [2.05, 4.69) is 5.16 Å². The molecule has 0 fully saturated rings. The molecule has 5 nitrogen and oxygen atoms in total. The molecule has 0 saturated heterocycles. The maximum atomic E-state index is 9.86. The summed E-state index contributed by atoms with van der Waals surface area (Å²) in [7, 11) is 1.50. The lowest BCUT2D eigenvalue weighted by atomic mass is 9.99. The standard InChI is InChI=1S/C12H14N2O3/c1-6-7(2)12(15)10(16-3)4-8(6)9-5-11(13)17-14-9/h4-5,15H,13H2,1-3H3. The highest BCUT2D eigenvalue weighted by molar-refractivity contribution is 5.71. The summed E-state index contributed by atoms with van der Waals surface area (Å²) in [5.74, 6) is 0.805. The predicted molar refractivity (Wildman–Crippen MR) is 64.0 cm³/mol. The van der Waals surface area contributed by atoms with Crippen LogP contribution in [-0.4, -0.2) is 17.4 Å². The minimum absolute atomic E-state index is 0.144. The molecular formula is C12H14N2O3. The normalized spacial score (nSPS) is 10.5. The van der Waals surface area contributed by atoms with Gasteiger partial charge in [0.25, 0.3) is 0 Å². The molecule has 0 radical (unpaired) electrons. The highest BCUT2D eigenvalue weighted by Crippen LogP contribution is 2.38. The van der Waals surface area contributed by atoms with E-state index in [0.717, 1.165) is 16.7 Å². The molecule has 1 aromatic heterocycles. The summed E-state index contributed by atoms with van der Waals surface area (Å²) in [6.07, 6.45) is 0. The predicted octanol–water partition coefficient (Wildman–Crippen LogP) is 2.25. The lowest BCUT2D eigenvalue weighted by molar-refractivity contribution is 0.371. The van der Waals surface area contributed by atoms with Crippen molar-refractivity contribution in [3.63, 3.8) is 0 Å². The van der Waals surface area contributed by atoms with Gasteiger partial charge in [-0.3, -0.25) is 0 Å². The fourth-order valence-corrected chi connectivity index (χ4v) is 1.71. The average Bonchev–Trinajstić information content (AvgIpc) is 2.73. The summed E-state index contributed by atoms with van der Waals surface area (Å²) in [4.78, 5) is 0. The summed E-state index contributed by atoms with van der Waals surface area (Å²) in [5.41, 5.74) is 8.62. The van der Waals surface area contributed by atoms with Crippen LogP contribution in [0.5, 0.6) is 11.5 Å². The maximum Gasteiger partial charge on any atom is 0.222 e. The number of nitrogens with zero attached hydrogens (tertiary/aromatic N) is 1. The summed E-state index contributed by atoms with van der Waals surface area (Å²) in [5, 5.41) is 13.7. The zero-order chi connectivity index (χ0) is 12.6. The number of anilines is 1. The van der Waals surface area contributed by atoms with Gasteiger partial charge in [-0.15, -0.1) is 0 Å². The molecule has 0 aliphatic heterocycles. The molecule has 0 bridgehead atoms. The van der Waals surface area contributed by atoms with Crippen molar-refractivity contribution in [3.05, 3.63) is 23.3 Å². The van der Waals surface area contributed by atoms with Gasteiger partial charge in [-0.25, -0.2) is 0 Å². The van der Waals surface area contributed by atoms with Crippen molar-refractivity contribution in [2.45, 2.75) is 13.8 Å². The summed E-state index contributed by atoms with van der Waals surface area (Å²) >= 11 is 0. The third kappa shape index (κ3) is 1.80. The molecule has 0 amide bonds. The number of benzene rings is 1. The molecule has 2 rings (SSSR count). The molecule has 0 unspecified atom stereocenters. The molecule has 0 aliphatic rings. The van der Waals surface area contributed by atoms with Gasteiger partial charge in [0.1, 0.15) is 5.69 Å². The minimum atomic E-state index is 0.144. The fraction of sp³-hybridized carbons (Fsp3) is 0.250. The van der Waals surface area contributed by atoms with Crippen molar-refractivity contribution < 1.29 is 14.4 Å². The first-order chi connectivity index (χ1) is 8.04. The Kier molecular flexibility index (Phi) is 2.67. The van der Waals surface area contributed by atoms with Gasteiger partial charge in [0.05, 0.1) is 7.11 Å². The maximum absolute atomic E-state index is 9.86. The number of phenolic OH excluding ortho intramolecular Hbond substituents is 1. The lowest BCUT2D eigenvalue weighted by Gasteiger charge is -2.12. The number of hydrogen-bond donors (Lipinski definition) is 2.